The fourth-order valence-corrected chi connectivity index (χ4v) is 3.23. The van der Waals surface area contributed by atoms with Crippen LogP contribution in [0.2, 0.25) is 0 Å². The summed E-state index contributed by atoms with van der Waals surface area (Å²) in [6.07, 6.45) is 29.4. The summed E-state index contributed by atoms with van der Waals surface area (Å²) < 4.78 is 2.19. The molecular formula is C22H41N2+. The molecule has 0 aromatic carbocycles. The van der Waals surface area contributed by atoms with E-state index in [0.29, 0.717) is 0 Å². The number of imidazole rings is 1. The molecule has 0 unspecified atom stereocenters. The summed E-state index contributed by atoms with van der Waals surface area (Å²) in [7, 11) is 2.12. The summed E-state index contributed by atoms with van der Waals surface area (Å²) in [6.45, 7) is 2.28. The number of allylic oxidation sites excluding steroid dienone is 2. The van der Waals surface area contributed by atoms with Crippen molar-refractivity contribution < 1.29 is 4.57 Å². The summed E-state index contributed by atoms with van der Waals surface area (Å²) in [4.78, 5) is 3.31. The molecule has 2 nitrogen and oxygen atoms in total. The third-order valence-electron chi connectivity index (χ3n) is 4.90. The number of aryl methyl sites for hydroxylation is 2. The summed E-state index contributed by atoms with van der Waals surface area (Å²) in [5.74, 6) is 1.35. The Morgan fingerprint density at radius 2 is 1.33 bits per heavy atom. The molecule has 0 radical (unpaired) electrons. The topological polar surface area (TPSA) is 19.7 Å². The average Bonchev–Trinajstić information content (AvgIpc) is 2.99. The third kappa shape index (κ3) is 11.5. The van der Waals surface area contributed by atoms with E-state index in [1.54, 1.807) is 0 Å². The lowest BCUT2D eigenvalue weighted by Crippen LogP contribution is -2.30. The molecule has 0 aliphatic carbocycles. The van der Waals surface area contributed by atoms with E-state index < -0.39 is 0 Å². The Kier molecular flexibility index (Phi) is 13.5. The monoisotopic (exact) mass is 333 g/mol. The second kappa shape index (κ2) is 15.5. The maximum absolute atomic E-state index is 3.31. The summed E-state index contributed by atoms with van der Waals surface area (Å²) >= 11 is 0. The SMILES string of the molecule is CCCCCCCCC=CCCCCCCCCc1[nH]cc[n+]1C. The molecule has 0 aliphatic rings. The standard InChI is InChI=1S/C22H40N2/c1-3-4-5-6-7-8-9-10-11-12-13-14-15-16-17-18-19-22-23-20-21-24(22)2/h10-11,20-21H,3-9,12-19H2,1-2H3/p+1. The van der Waals surface area contributed by atoms with Gasteiger partial charge >= 0.3 is 0 Å². The van der Waals surface area contributed by atoms with Gasteiger partial charge in [0.1, 0.15) is 12.4 Å². The molecule has 1 rings (SSSR count). The van der Waals surface area contributed by atoms with E-state index in [9.17, 15) is 0 Å². The van der Waals surface area contributed by atoms with Gasteiger partial charge in [-0.2, -0.15) is 0 Å². The third-order valence-corrected chi connectivity index (χ3v) is 4.90. The van der Waals surface area contributed by atoms with Gasteiger partial charge in [0.2, 0.25) is 0 Å². The molecule has 0 aliphatic heterocycles. The van der Waals surface area contributed by atoms with Crippen molar-refractivity contribution in [1.29, 1.82) is 0 Å². The molecule has 0 saturated carbocycles. The van der Waals surface area contributed by atoms with Gasteiger partial charge in [-0.25, -0.2) is 9.55 Å². The van der Waals surface area contributed by atoms with Crippen molar-refractivity contribution >= 4 is 0 Å². The number of aromatic nitrogens is 2. The smallest absolute Gasteiger partial charge is 0.248 e. The number of hydrogen-bond acceptors (Lipinski definition) is 0. The molecule has 1 N–H and O–H groups in total. The van der Waals surface area contributed by atoms with Crippen LogP contribution in [0.1, 0.15) is 103 Å². The van der Waals surface area contributed by atoms with Crippen LogP contribution in [-0.2, 0) is 13.5 Å². The van der Waals surface area contributed by atoms with Crippen LogP contribution in [0, 0.1) is 0 Å². The molecule has 0 atom stereocenters. The number of hydrogen-bond donors (Lipinski definition) is 1. The van der Waals surface area contributed by atoms with Crippen LogP contribution in [0.15, 0.2) is 24.5 Å². The predicted octanol–water partition coefficient (Wildman–Crippen LogP) is 6.42. The van der Waals surface area contributed by atoms with E-state index in [4.69, 9.17) is 0 Å². The molecule has 0 saturated heterocycles. The van der Waals surface area contributed by atoms with Crippen LogP contribution in [0.5, 0.6) is 0 Å². The van der Waals surface area contributed by atoms with Gasteiger partial charge in [0, 0.05) is 6.42 Å². The van der Waals surface area contributed by atoms with E-state index in [0.717, 1.165) is 0 Å². The molecule has 1 heterocycles. The second-order valence-corrected chi connectivity index (χ2v) is 7.21. The number of nitrogens with one attached hydrogen (secondary N) is 1. The minimum absolute atomic E-state index is 1.19. The quantitative estimate of drug-likeness (QED) is 0.205. The number of nitrogens with zero attached hydrogens (tertiary/aromatic N) is 1. The van der Waals surface area contributed by atoms with Crippen molar-refractivity contribution in [3.05, 3.63) is 30.4 Å². The fraction of sp³-hybridized carbons (Fsp3) is 0.773. The molecule has 138 valence electrons. The molecule has 24 heavy (non-hydrogen) atoms. The van der Waals surface area contributed by atoms with Crippen molar-refractivity contribution in [3.8, 4) is 0 Å². The summed E-state index contributed by atoms with van der Waals surface area (Å²) in [5.41, 5.74) is 0. The van der Waals surface area contributed by atoms with Crippen LogP contribution in [0.3, 0.4) is 0 Å². The van der Waals surface area contributed by atoms with Gasteiger partial charge in [-0.3, -0.25) is 0 Å². The van der Waals surface area contributed by atoms with Gasteiger partial charge in [-0.1, -0.05) is 76.9 Å². The van der Waals surface area contributed by atoms with Crippen LogP contribution < -0.4 is 4.57 Å². The first kappa shape index (κ1) is 21.0. The van der Waals surface area contributed by atoms with Crippen molar-refractivity contribution in [2.24, 2.45) is 7.05 Å². The van der Waals surface area contributed by atoms with Gasteiger partial charge in [-0.05, 0) is 32.1 Å². The number of rotatable bonds is 16. The maximum Gasteiger partial charge on any atom is 0.253 e. The zero-order valence-electron chi connectivity index (χ0n) is 16.4. The largest absolute Gasteiger partial charge is 0.253 e. The minimum Gasteiger partial charge on any atom is -0.248 e. The highest BCUT2D eigenvalue weighted by Gasteiger charge is 2.04. The van der Waals surface area contributed by atoms with Crippen LogP contribution >= 0.6 is 0 Å². The zero-order valence-corrected chi connectivity index (χ0v) is 16.4. The van der Waals surface area contributed by atoms with Gasteiger partial charge in [0.15, 0.2) is 0 Å². The normalized spacial score (nSPS) is 11.6. The lowest BCUT2D eigenvalue weighted by atomic mass is 10.1. The lowest BCUT2D eigenvalue weighted by molar-refractivity contribution is -0.677. The van der Waals surface area contributed by atoms with E-state index >= 15 is 0 Å². The number of unbranched alkanes of at least 4 members (excludes halogenated alkanes) is 12. The van der Waals surface area contributed by atoms with Gasteiger partial charge in [0.25, 0.3) is 5.82 Å². The van der Waals surface area contributed by atoms with E-state index in [-0.39, 0.29) is 0 Å². The van der Waals surface area contributed by atoms with E-state index in [1.807, 2.05) is 6.20 Å². The number of aromatic amines is 1. The minimum atomic E-state index is 1.19. The van der Waals surface area contributed by atoms with Crippen molar-refractivity contribution in [2.75, 3.05) is 0 Å². The predicted molar refractivity (Wildman–Crippen MR) is 105 cm³/mol. The van der Waals surface area contributed by atoms with Crippen LogP contribution in [0.25, 0.3) is 0 Å². The van der Waals surface area contributed by atoms with Crippen LogP contribution in [0.4, 0.5) is 0 Å². The Hall–Kier alpha value is -1.05. The molecule has 0 spiro atoms. The molecular weight excluding hydrogens is 292 g/mol. The highest BCUT2D eigenvalue weighted by atomic mass is 15.0. The fourth-order valence-electron chi connectivity index (χ4n) is 3.23. The van der Waals surface area contributed by atoms with E-state index in [2.05, 4.69) is 41.9 Å². The number of H-pyrrole nitrogens is 1. The Labute approximate surface area is 150 Å². The first-order chi connectivity index (χ1) is 11.8. The zero-order chi connectivity index (χ0) is 17.3. The first-order valence-corrected chi connectivity index (χ1v) is 10.5. The van der Waals surface area contributed by atoms with Crippen molar-refractivity contribution in [1.82, 2.24) is 4.98 Å². The molecule has 1 aromatic heterocycles. The Morgan fingerprint density at radius 1 is 0.792 bits per heavy atom. The van der Waals surface area contributed by atoms with Crippen molar-refractivity contribution in [2.45, 2.75) is 103 Å². The highest BCUT2D eigenvalue weighted by Crippen LogP contribution is 2.10. The maximum atomic E-state index is 3.31. The van der Waals surface area contributed by atoms with Gasteiger partial charge in [-0.15, -0.1) is 0 Å². The Balaban J connectivity index is 1.77. The lowest BCUT2D eigenvalue weighted by Gasteiger charge is -2.00. The van der Waals surface area contributed by atoms with Gasteiger partial charge < -0.3 is 0 Å². The first-order valence-electron chi connectivity index (χ1n) is 10.5. The molecule has 0 fully saturated rings. The summed E-state index contributed by atoms with van der Waals surface area (Å²) in [5, 5.41) is 0. The molecule has 0 bridgehead atoms. The van der Waals surface area contributed by atoms with Crippen LogP contribution in [-0.4, -0.2) is 4.98 Å². The average molecular weight is 334 g/mol. The molecule has 2 heteroatoms. The Bertz CT molecular complexity index is 406. The second-order valence-electron chi connectivity index (χ2n) is 7.21. The Morgan fingerprint density at radius 3 is 1.88 bits per heavy atom. The van der Waals surface area contributed by atoms with Gasteiger partial charge in [0.05, 0.1) is 7.05 Å². The van der Waals surface area contributed by atoms with E-state index in [1.165, 1.54) is 102 Å². The molecule has 1 aromatic rings. The molecule has 0 amide bonds. The summed E-state index contributed by atoms with van der Waals surface area (Å²) in [6, 6.07) is 0. The highest BCUT2D eigenvalue weighted by molar-refractivity contribution is 4.81. The van der Waals surface area contributed by atoms with Crippen molar-refractivity contribution in [3.63, 3.8) is 0 Å².